The van der Waals surface area contributed by atoms with Gasteiger partial charge in [-0.3, -0.25) is 9.69 Å². The highest BCUT2D eigenvalue weighted by Crippen LogP contribution is 2.26. The Morgan fingerprint density at radius 3 is 2.54 bits per heavy atom. The fourth-order valence-electron chi connectivity index (χ4n) is 3.11. The van der Waals surface area contributed by atoms with Crippen molar-refractivity contribution in [3.8, 4) is 0 Å². The lowest BCUT2D eigenvalue weighted by molar-refractivity contribution is -0.121. The highest BCUT2D eigenvalue weighted by molar-refractivity contribution is 6.31. The highest BCUT2D eigenvalue weighted by Gasteiger charge is 2.30. The van der Waals surface area contributed by atoms with Crippen molar-refractivity contribution in [2.45, 2.75) is 6.54 Å². The molecule has 0 bridgehead atoms. The minimum Gasteiger partial charge on any atom is -0.342 e. The van der Waals surface area contributed by atoms with Crippen LogP contribution in [-0.2, 0) is 11.3 Å². The van der Waals surface area contributed by atoms with Gasteiger partial charge in [0, 0.05) is 41.3 Å². The third-order valence-electron chi connectivity index (χ3n) is 4.50. The van der Waals surface area contributed by atoms with Gasteiger partial charge in [-0.05, 0) is 23.8 Å². The second kappa shape index (κ2) is 6.35. The van der Waals surface area contributed by atoms with Gasteiger partial charge < -0.3 is 9.88 Å². The molecule has 1 fully saturated rings. The molecule has 130 valence electrons. The average molecular weight is 366 g/mol. The maximum Gasteiger partial charge on any atom is 0.328 e. The first-order chi connectivity index (χ1) is 12.5. The Morgan fingerprint density at radius 2 is 1.81 bits per heavy atom. The number of para-hydroxylation sites is 1. The van der Waals surface area contributed by atoms with E-state index >= 15 is 0 Å². The van der Waals surface area contributed by atoms with Crippen LogP contribution in [0, 0.1) is 0 Å². The zero-order valence-electron chi connectivity index (χ0n) is 14.1. The van der Waals surface area contributed by atoms with Crippen molar-refractivity contribution in [3.05, 3.63) is 76.6 Å². The average Bonchev–Trinajstić information content (AvgIpc) is 3.10. The largest absolute Gasteiger partial charge is 0.342 e. The predicted octanol–water partition coefficient (Wildman–Crippen LogP) is 3.87. The zero-order valence-corrected chi connectivity index (χ0v) is 14.8. The summed E-state index contributed by atoms with van der Waals surface area (Å²) in [6, 6.07) is 15.2. The maximum atomic E-state index is 12.1. The van der Waals surface area contributed by atoms with Crippen molar-refractivity contribution in [1.82, 2.24) is 14.8 Å². The smallest absolute Gasteiger partial charge is 0.328 e. The number of imide groups is 1. The normalized spacial score (nSPS) is 15.9. The Balaban J connectivity index is 1.79. The molecule has 0 radical (unpaired) electrons. The number of nitrogens with one attached hydrogen (secondary N) is 1. The fourth-order valence-corrected chi connectivity index (χ4v) is 3.31. The lowest BCUT2D eigenvalue weighted by Crippen LogP contribution is -2.25. The van der Waals surface area contributed by atoms with Gasteiger partial charge in [-0.25, -0.2) is 4.79 Å². The number of nitrogens with zero attached hydrogens (tertiary/aromatic N) is 2. The van der Waals surface area contributed by atoms with Crippen LogP contribution in [0.4, 0.5) is 4.79 Å². The highest BCUT2D eigenvalue weighted by atomic mass is 35.5. The topological polar surface area (TPSA) is 54.3 Å². The molecule has 0 aliphatic carbocycles. The first-order valence-corrected chi connectivity index (χ1v) is 8.54. The lowest BCUT2D eigenvalue weighted by Gasteiger charge is -2.07. The second-order valence-corrected chi connectivity index (χ2v) is 6.58. The van der Waals surface area contributed by atoms with Crippen LogP contribution in [0.2, 0.25) is 5.02 Å². The van der Waals surface area contributed by atoms with Crippen molar-refractivity contribution >= 4 is 40.5 Å². The number of urea groups is 1. The number of fused-ring (bicyclic) bond motifs is 1. The van der Waals surface area contributed by atoms with Crippen LogP contribution >= 0.6 is 11.6 Å². The summed E-state index contributed by atoms with van der Waals surface area (Å²) in [5.41, 5.74) is 3.19. The summed E-state index contributed by atoms with van der Waals surface area (Å²) in [5.74, 6) is -0.335. The molecule has 3 aromatic rings. The molecule has 1 saturated heterocycles. The molecule has 1 N–H and O–H groups in total. The van der Waals surface area contributed by atoms with E-state index in [1.165, 1.54) is 7.05 Å². The molecule has 2 heterocycles. The van der Waals surface area contributed by atoms with Gasteiger partial charge in [0.1, 0.15) is 5.70 Å². The Morgan fingerprint density at radius 1 is 1.08 bits per heavy atom. The van der Waals surface area contributed by atoms with Crippen LogP contribution in [-0.4, -0.2) is 28.5 Å². The number of halogens is 1. The van der Waals surface area contributed by atoms with Crippen molar-refractivity contribution in [2.75, 3.05) is 7.05 Å². The molecule has 26 heavy (non-hydrogen) atoms. The quantitative estimate of drug-likeness (QED) is 0.566. The molecule has 6 heteroatoms. The Kier molecular flexibility index (Phi) is 4.01. The molecule has 0 spiro atoms. The van der Waals surface area contributed by atoms with Crippen LogP contribution in [0.25, 0.3) is 17.0 Å². The molecule has 0 unspecified atom stereocenters. The summed E-state index contributed by atoms with van der Waals surface area (Å²) in [6.07, 6.45) is 3.69. The van der Waals surface area contributed by atoms with Crippen molar-refractivity contribution < 1.29 is 9.59 Å². The van der Waals surface area contributed by atoms with Gasteiger partial charge in [-0.15, -0.1) is 0 Å². The standard InChI is InChI=1S/C20H16ClN3O2/c1-23-19(25)17(22-20(23)26)10-14-12-24(18-9-5-3-7-15(14)18)11-13-6-2-4-8-16(13)21/h2-10,12H,11H2,1H3,(H,22,26). The number of benzene rings is 2. The molecular formula is C20H16ClN3O2. The summed E-state index contributed by atoms with van der Waals surface area (Å²) in [5, 5.41) is 4.32. The van der Waals surface area contributed by atoms with Crippen LogP contribution in [0.15, 0.2) is 60.4 Å². The van der Waals surface area contributed by atoms with Gasteiger partial charge in [0.25, 0.3) is 5.91 Å². The van der Waals surface area contributed by atoms with Gasteiger partial charge in [-0.2, -0.15) is 0 Å². The first kappa shape index (κ1) is 16.4. The molecule has 5 nitrogen and oxygen atoms in total. The molecule has 1 aliphatic rings. The van der Waals surface area contributed by atoms with Crippen molar-refractivity contribution in [1.29, 1.82) is 0 Å². The number of likely N-dealkylation sites (N-methyl/N-ethyl adjacent to an activating group) is 1. The minimum absolute atomic E-state index is 0.276. The molecule has 0 atom stereocenters. The van der Waals surface area contributed by atoms with E-state index in [1.807, 2.05) is 54.7 Å². The fraction of sp³-hybridized carbons (Fsp3) is 0.100. The molecule has 0 saturated carbocycles. The summed E-state index contributed by atoms with van der Waals surface area (Å²) < 4.78 is 2.09. The Labute approximate surface area is 155 Å². The van der Waals surface area contributed by atoms with E-state index in [1.54, 1.807) is 6.08 Å². The van der Waals surface area contributed by atoms with E-state index in [4.69, 9.17) is 11.6 Å². The Hall–Kier alpha value is -3.05. The van der Waals surface area contributed by atoms with E-state index < -0.39 is 6.03 Å². The van der Waals surface area contributed by atoms with Gasteiger partial charge in [0.2, 0.25) is 0 Å². The number of rotatable bonds is 3. The molecule has 3 amide bonds. The number of hydrogen-bond donors (Lipinski definition) is 1. The number of carbonyl (C=O) groups excluding carboxylic acids is 2. The van der Waals surface area contributed by atoms with Crippen molar-refractivity contribution in [3.63, 3.8) is 0 Å². The van der Waals surface area contributed by atoms with Crippen LogP contribution in [0.3, 0.4) is 0 Å². The SMILES string of the molecule is CN1C(=O)NC(=Cc2cn(Cc3ccccc3Cl)c3ccccc23)C1=O. The number of hydrogen-bond acceptors (Lipinski definition) is 2. The molecule has 1 aliphatic heterocycles. The van der Waals surface area contributed by atoms with E-state index in [0.717, 1.165) is 26.9 Å². The van der Waals surface area contributed by atoms with Crippen LogP contribution in [0.1, 0.15) is 11.1 Å². The van der Waals surface area contributed by atoms with E-state index in [-0.39, 0.29) is 11.6 Å². The molecule has 1 aromatic heterocycles. The van der Waals surface area contributed by atoms with Crippen LogP contribution in [0.5, 0.6) is 0 Å². The molecule has 2 aromatic carbocycles. The maximum absolute atomic E-state index is 12.1. The summed E-state index contributed by atoms with van der Waals surface area (Å²) >= 11 is 6.30. The summed E-state index contributed by atoms with van der Waals surface area (Å²) in [7, 11) is 1.46. The lowest BCUT2D eigenvalue weighted by atomic mass is 10.1. The van der Waals surface area contributed by atoms with Crippen LogP contribution < -0.4 is 5.32 Å². The third-order valence-corrected chi connectivity index (χ3v) is 4.87. The van der Waals surface area contributed by atoms with Gasteiger partial charge >= 0.3 is 6.03 Å². The second-order valence-electron chi connectivity index (χ2n) is 6.17. The number of aromatic nitrogens is 1. The first-order valence-electron chi connectivity index (χ1n) is 8.16. The predicted molar refractivity (Wildman–Crippen MR) is 102 cm³/mol. The minimum atomic E-state index is -0.416. The summed E-state index contributed by atoms with van der Waals surface area (Å²) in [6.45, 7) is 0.615. The number of amides is 3. The zero-order chi connectivity index (χ0) is 18.3. The van der Waals surface area contributed by atoms with E-state index in [0.29, 0.717) is 11.6 Å². The van der Waals surface area contributed by atoms with E-state index in [2.05, 4.69) is 9.88 Å². The van der Waals surface area contributed by atoms with Gasteiger partial charge in [0.15, 0.2) is 0 Å². The Bertz CT molecular complexity index is 1070. The van der Waals surface area contributed by atoms with Gasteiger partial charge in [-0.1, -0.05) is 48.0 Å². The summed E-state index contributed by atoms with van der Waals surface area (Å²) in [4.78, 5) is 24.9. The molecule has 4 rings (SSSR count). The third kappa shape index (κ3) is 2.76. The number of carbonyl (C=O) groups is 2. The monoisotopic (exact) mass is 365 g/mol. The molecular weight excluding hydrogens is 350 g/mol. The van der Waals surface area contributed by atoms with Gasteiger partial charge in [0.05, 0.1) is 0 Å². The van der Waals surface area contributed by atoms with Crippen molar-refractivity contribution in [2.24, 2.45) is 0 Å². The van der Waals surface area contributed by atoms with E-state index in [9.17, 15) is 9.59 Å².